The predicted molar refractivity (Wildman–Crippen MR) is 32.2 cm³/mol. The van der Waals surface area contributed by atoms with E-state index in [0.29, 0.717) is 0 Å². The van der Waals surface area contributed by atoms with E-state index >= 15 is 0 Å². The molecule has 8 heavy (non-hydrogen) atoms. The van der Waals surface area contributed by atoms with Crippen LogP contribution in [-0.4, -0.2) is 23.7 Å². The number of rotatable bonds is 4. The Morgan fingerprint density at radius 3 is 2.75 bits per heavy atom. The molecule has 0 aromatic heterocycles. The molecule has 45 valence electrons. The summed E-state index contributed by atoms with van der Waals surface area (Å²) in [5.74, 6) is 0.0308. The van der Waals surface area contributed by atoms with Gasteiger partial charge in [-0.1, -0.05) is 0 Å². The van der Waals surface area contributed by atoms with Gasteiger partial charge < -0.3 is 5.73 Å². The van der Waals surface area contributed by atoms with E-state index in [1.165, 1.54) is 0 Å². The molecule has 0 aliphatic heterocycles. The molecule has 0 aliphatic carbocycles. The quantitative estimate of drug-likeness (QED) is 0.515. The standard InChI is InChI=1S/C4H6NO2S/c5-4(7)3-8-2-1-6/h2-3H2,(H2,5,7). The van der Waals surface area contributed by atoms with Gasteiger partial charge in [-0.3, -0.25) is 9.59 Å². The van der Waals surface area contributed by atoms with Gasteiger partial charge in [0.1, 0.15) is 0 Å². The number of amides is 1. The molecule has 0 rings (SSSR count). The highest BCUT2D eigenvalue weighted by atomic mass is 32.2. The van der Waals surface area contributed by atoms with E-state index in [2.05, 4.69) is 0 Å². The summed E-state index contributed by atoms with van der Waals surface area (Å²) in [5.41, 5.74) is 4.74. The highest BCUT2D eigenvalue weighted by molar-refractivity contribution is 8.00. The zero-order valence-corrected chi connectivity index (χ0v) is 5.03. The van der Waals surface area contributed by atoms with Crippen molar-refractivity contribution in [2.24, 2.45) is 5.73 Å². The van der Waals surface area contributed by atoms with E-state index in [4.69, 9.17) is 5.73 Å². The lowest BCUT2D eigenvalue weighted by Gasteiger charge is -1.86. The Labute approximate surface area is 51.6 Å². The second kappa shape index (κ2) is 4.64. The molecular formula is C4H6NO2S. The molecule has 0 bridgehead atoms. The van der Waals surface area contributed by atoms with Crippen molar-refractivity contribution in [1.29, 1.82) is 0 Å². The molecule has 0 aliphatic rings. The van der Waals surface area contributed by atoms with E-state index in [1.54, 1.807) is 6.29 Å². The van der Waals surface area contributed by atoms with Gasteiger partial charge in [0.25, 0.3) is 0 Å². The first-order valence-corrected chi connectivity index (χ1v) is 3.14. The van der Waals surface area contributed by atoms with Gasteiger partial charge in [0.2, 0.25) is 12.2 Å². The molecule has 2 N–H and O–H groups in total. The molecule has 1 radical (unpaired) electrons. The molecule has 0 heterocycles. The van der Waals surface area contributed by atoms with Crippen LogP contribution < -0.4 is 5.73 Å². The zero-order valence-electron chi connectivity index (χ0n) is 4.22. The fourth-order valence-electron chi connectivity index (χ4n) is 0.193. The Kier molecular flexibility index (Phi) is 4.35. The second-order valence-corrected chi connectivity index (χ2v) is 2.09. The lowest BCUT2D eigenvalue weighted by molar-refractivity contribution is -0.115. The van der Waals surface area contributed by atoms with Crippen molar-refractivity contribution in [3.05, 3.63) is 0 Å². The van der Waals surface area contributed by atoms with Gasteiger partial charge in [0, 0.05) is 0 Å². The lowest BCUT2D eigenvalue weighted by atomic mass is 10.8. The fourth-order valence-corrected chi connectivity index (χ4v) is 0.580. The van der Waals surface area contributed by atoms with E-state index in [0.717, 1.165) is 11.8 Å². The van der Waals surface area contributed by atoms with Crippen LogP contribution in [-0.2, 0) is 9.59 Å². The van der Waals surface area contributed by atoms with Crippen LogP contribution >= 0.6 is 11.8 Å². The number of nitrogens with two attached hydrogens (primary N) is 1. The van der Waals surface area contributed by atoms with Crippen molar-refractivity contribution < 1.29 is 9.59 Å². The maximum atomic E-state index is 9.95. The third-order valence-corrected chi connectivity index (χ3v) is 1.22. The zero-order chi connectivity index (χ0) is 6.41. The van der Waals surface area contributed by atoms with Crippen LogP contribution in [0.2, 0.25) is 0 Å². The Balaban J connectivity index is 2.93. The molecule has 0 fully saturated rings. The van der Waals surface area contributed by atoms with Crippen LogP contribution in [0.4, 0.5) is 0 Å². The van der Waals surface area contributed by atoms with Crippen molar-refractivity contribution in [2.75, 3.05) is 11.5 Å². The second-order valence-electron chi connectivity index (χ2n) is 1.10. The normalized spacial score (nSPS) is 8.50. The molecule has 0 saturated heterocycles. The first-order valence-electron chi connectivity index (χ1n) is 1.98. The Morgan fingerprint density at radius 1 is 1.75 bits per heavy atom. The molecule has 0 atom stereocenters. The average molecular weight is 132 g/mol. The van der Waals surface area contributed by atoms with Gasteiger partial charge >= 0.3 is 0 Å². The number of primary amides is 1. The van der Waals surface area contributed by atoms with Crippen LogP contribution in [0.25, 0.3) is 0 Å². The minimum absolute atomic E-state index is 0.204. The molecule has 0 aromatic carbocycles. The number of hydrogen-bond donors (Lipinski definition) is 1. The summed E-state index contributed by atoms with van der Waals surface area (Å²) in [4.78, 5) is 19.4. The maximum Gasteiger partial charge on any atom is 0.227 e. The number of thioether (sulfide) groups is 1. The summed E-state index contributed by atoms with van der Waals surface area (Å²) >= 11 is 1.16. The average Bonchev–Trinajstić information content (AvgIpc) is 1.66. The molecule has 0 unspecified atom stereocenters. The molecule has 1 amide bonds. The fraction of sp³-hybridized carbons (Fsp3) is 0.500. The van der Waals surface area contributed by atoms with Crippen LogP contribution in [0.1, 0.15) is 0 Å². The third kappa shape index (κ3) is 5.49. The lowest BCUT2D eigenvalue weighted by Crippen LogP contribution is -2.13. The molecule has 0 aromatic rings. The summed E-state index contributed by atoms with van der Waals surface area (Å²) in [7, 11) is 0. The van der Waals surface area contributed by atoms with Crippen LogP contribution in [0.5, 0.6) is 0 Å². The van der Waals surface area contributed by atoms with Gasteiger partial charge in [0.15, 0.2) is 0 Å². The first-order chi connectivity index (χ1) is 3.77. The summed E-state index contributed by atoms with van der Waals surface area (Å²) in [6.45, 7) is 0. The van der Waals surface area contributed by atoms with Crippen molar-refractivity contribution in [1.82, 2.24) is 0 Å². The van der Waals surface area contributed by atoms with Crippen molar-refractivity contribution in [3.8, 4) is 0 Å². The Bertz CT molecular complexity index is 94.0. The molecule has 0 saturated carbocycles. The van der Waals surface area contributed by atoms with Crippen molar-refractivity contribution in [2.45, 2.75) is 0 Å². The topological polar surface area (TPSA) is 60.2 Å². The maximum absolute atomic E-state index is 9.95. The van der Waals surface area contributed by atoms with Gasteiger partial charge in [-0.05, 0) is 0 Å². The summed E-state index contributed by atoms with van der Waals surface area (Å²) < 4.78 is 0. The Hall–Kier alpha value is -0.510. The van der Waals surface area contributed by atoms with Crippen molar-refractivity contribution in [3.63, 3.8) is 0 Å². The number of carbonyl (C=O) groups excluding carboxylic acids is 2. The van der Waals surface area contributed by atoms with E-state index < -0.39 is 5.91 Å². The summed E-state index contributed by atoms with van der Waals surface area (Å²) in [6, 6.07) is 0. The van der Waals surface area contributed by atoms with Gasteiger partial charge in [-0.2, -0.15) is 0 Å². The Morgan fingerprint density at radius 2 is 2.38 bits per heavy atom. The largest absolute Gasteiger partial charge is 0.369 e. The SMILES string of the molecule is NC(=O)CSC[C]=O. The molecule has 4 heteroatoms. The van der Waals surface area contributed by atoms with Gasteiger partial charge in [-0.15, -0.1) is 11.8 Å². The molecular weight excluding hydrogens is 126 g/mol. The van der Waals surface area contributed by atoms with Crippen LogP contribution in [0.3, 0.4) is 0 Å². The number of hydrogen-bond acceptors (Lipinski definition) is 3. The highest BCUT2D eigenvalue weighted by Crippen LogP contribution is 1.93. The van der Waals surface area contributed by atoms with Crippen LogP contribution in [0.15, 0.2) is 0 Å². The summed E-state index contributed by atoms with van der Waals surface area (Å²) in [5, 5.41) is 0. The van der Waals surface area contributed by atoms with E-state index in [-0.39, 0.29) is 11.5 Å². The van der Waals surface area contributed by atoms with E-state index in [1.807, 2.05) is 0 Å². The first kappa shape index (κ1) is 7.49. The monoisotopic (exact) mass is 132 g/mol. The minimum Gasteiger partial charge on any atom is -0.369 e. The third-order valence-electron chi connectivity index (χ3n) is 0.405. The minimum atomic E-state index is -0.398. The molecule has 3 nitrogen and oxygen atoms in total. The van der Waals surface area contributed by atoms with Crippen LogP contribution in [0, 0.1) is 0 Å². The number of carbonyl (C=O) groups is 1. The highest BCUT2D eigenvalue weighted by Gasteiger charge is 1.91. The van der Waals surface area contributed by atoms with Crippen molar-refractivity contribution >= 4 is 24.0 Å². The van der Waals surface area contributed by atoms with Gasteiger partial charge in [-0.25, -0.2) is 0 Å². The van der Waals surface area contributed by atoms with E-state index in [9.17, 15) is 9.59 Å². The predicted octanol–water partition coefficient (Wildman–Crippen LogP) is -0.685. The summed E-state index contributed by atoms with van der Waals surface area (Å²) in [6.07, 6.45) is 1.63. The molecule has 0 spiro atoms. The smallest absolute Gasteiger partial charge is 0.227 e. The van der Waals surface area contributed by atoms with Gasteiger partial charge in [0.05, 0.1) is 11.5 Å².